The minimum atomic E-state index is -0.395. The summed E-state index contributed by atoms with van der Waals surface area (Å²) in [4.78, 5) is 43.4. The SMILES string of the molecule is COc1cccc(CNC(=O)Cc2cc(=O)[nH]c(SCC(=O)Nc3ccc(C)c(Cl)c3)n2)c1. The first kappa shape index (κ1) is 24.3. The maximum absolute atomic E-state index is 12.3. The van der Waals surface area contributed by atoms with Gasteiger partial charge in [0.15, 0.2) is 5.16 Å². The number of amides is 2. The van der Waals surface area contributed by atoms with Gasteiger partial charge in [-0.2, -0.15) is 0 Å². The van der Waals surface area contributed by atoms with Crippen molar-refractivity contribution in [2.75, 3.05) is 18.2 Å². The van der Waals surface area contributed by atoms with Gasteiger partial charge in [-0.05, 0) is 42.3 Å². The molecule has 0 aliphatic rings. The molecule has 8 nitrogen and oxygen atoms in total. The van der Waals surface area contributed by atoms with Crippen LogP contribution in [0.2, 0.25) is 5.02 Å². The molecule has 1 aromatic heterocycles. The van der Waals surface area contributed by atoms with Crippen LogP contribution < -0.4 is 20.9 Å². The number of methoxy groups -OCH3 is 1. The van der Waals surface area contributed by atoms with Crippen molar-refractivity contribution in [3.05, 3.63) is 80.7 Å². The van der Waals surface area contributed by atoms with Crippen LogP contribution in [-0.4, -0.2) is 34.6 Å². The maximum atomic E-state index is 12.3. The van der Waals surface area contributed by atoms with Gasteiger partial charge in [-0.15, -0.1) is 0 Å². The third-order valence-corrected chi connectivity index (χ3v) is 5.81. The first-order chi connectivity index (χ1) is 15.8. The summed E-state index contributed by atoms with van der Waals surface area (Å²) in [6.45, 7) is 2.20. The van der Waals surface area contributed by atoms with Crippen molar-refractivity contribution >= 4 is 40.9 Å². The molecule has 0 unspecified atom stereocenters. The highest BCUT2D eigenvalue weighted by Gasteiger charge is 2.10. The summed E-state index contributed by atoms with van der Waals surface area (Å²) >= 11 is 7.14. The number of halogens is 1. The van der Waals surface area contributed by atoms with Gasteiger partial charge in [-0.25, -0.2) is 4.98 Å². The molecule has 0 atom stereocenters. The zero-order chi connectivity index (χ0) is 23.8. The van der Waals surface area contributed by atoms with Gasteiger partial charge in [-0.3, -0.25) is 14.4 Å². The number of rotatable bonds is 9. The number of carbonyl (C=O) groups is 2. The highest BCUT2D eigenvalue weighted by Crippen LogP contribution is 2.20. The summed E-state index contributed by atoms with van der Waals surface area (Å²) in [5.74, 6) is 0.180. The predicted octanol–water partition coefficient (Wildman–Crippen LogP) is 3.33. The molecule has 1 heterocycles. The molecule has 0 saturated heterocycles. The van der Waals surface area contributed by atoms with E-state index < -0.39 is 5.56 Å². The molecule has 0 spiro atoms. The molecular formula is C23H23ClN4O4S. The Balaban J connectivity index is 1.53. The molecule has 3 rings (SSSR count). The Bertz CT molecular complexity index is 1220. The number of aryl methyl sites for hydroxylation is 1. The van der Waals surface area contributed by atoms with Crippen LogP contribution in [0.25, 0.3) is 0 Å². The first-order valence-corrected chi connectivity index (χ1v) is 11.4. The van der Waals surface area contributed by atoms with Gasteiger partial charge in [0.2, 0.25) is 11.8 Å². The van der Waals surface area contributed by atoms with Gasteiger partial charge in [0.25, 0.3) is 5.56 Å². The number of thioether (sulfide) groups is 1. The number of hydrogen-bond donors (Lipinski definition) is 3. The molecule has 0 radical (unpaired) electrons. The average molecular weight is 487 g/mol. The van der Waals surface area contributed by atoms with Crippen LogP contribution in [0.15, 0.2) is 58.5 Å². The number of benzene rings is 2. The zero-order valence-corrected chi connectivity index (χ0v) is 19.7. The lowest BCUT2D eigenvalue weighted by Gasteiger charge is -2.08. The fourth-order valence-corrected chi connectivity index (χ4v) is 3.73. The van der Waals surface area contributed by atoms with Gasteiger partial charge >= 0.3 is 0 Å². The molecule has 10 heteroatoms. The Morgan fingerprint density at radius 1 is 1.15 bits per heavy atom. The molecule has 0 aliphatic carbocycles. The fourth-order valence-electron chi connectivity index (χ4n) is 2.85. The van der Waals surface area contributed by atoms with Crippen LogP contribution in [0, 0.1) is 6.92 Å². The monoisotopic (exact) mass is 486 g/mol. The number of nitrogens with zero attached hydrogens (tertiary/aromatic N) is 1. The van der Waals surface area contributed by atoms with Crippen LogP contribution >= 0.6 is 23.4 Å². The molecule has 3 aromatic rings. The maximum Gasteiger partial charge on any atom is 0.251 e. The molecule has 2 amide bonds. The van der Waals surface area contributed by atoms with Crippen molar-refractivity contribution in [2.45, 2.75) is 25.0 Å². The van der Waals surface area contributed by atoms with E-state index in [9.17, 15) is 14.4 Å². The average Bonchev–Trinajstić information content (AvgIpc) is 2.78. The van der Waals surface area contributed by atoms with Crippen molar-refractivity contribution < 1.29 is 14.3 Å². The molecule has 33 heavy (non-hydrogen) atoms. The van der Waals surface area contributed by atoms with E-state index >= 15 is 0 Å². The smallest absolute Gasteiger partial charge is 0.251 e. The van der Waals surface area contributed by atoms with Crippen LogP contribution in [0.5, 0.6) is 5.75 Å². The largest absolute Gasteiger partial charge is 0.497 e. The Kier molecular flexibility index (Phi) is 8.51. The Labute approximate surface area is 200 Å². The molecule has 0 bridgehead atoms. The summed E-state index contributed by atoms with van der Waals surface area (Å²) in [7, 11) is 1.58. The zero-order valence-electron chi connectivity index (χ0n) is 18.1. The lowest BCUT2D eigenvalue weighted by Crippen LogP contribution is -2.26. The topological polar surface area (TPSA) is 113 Å². The standard InChI is InChI=1S/C23H23ClN4O4S/c1-14-6-7-16(9-19(14)24)26-22(31)13-33-23-27-17(11-21(30)28-23)10-20(29)25-12-15-4-3-5-18(8-15)32-2/h3-9,11H,10,12-13H2,1-2H3,(H,25,29)(H,26,31)(H,27,28,30). The molecular weight excluding hydrogens is 464 g/mol. The number of carbonyl (C=O) groups excluding carboxylic acids is 2. The number of nitrogens with one attached hydrogen (secondary N) is 3. The van der Waals surface area contributed by atoms with Gasteiger partial charge in [0.05, 0.1) is 25.0 Å². The van der Waals surface area contributed by atoms with E-state index in [1.54, 1.807) is 19.2 Å². The van der Waals surface area contributed by atoms with Gasteiger partial charge in [0, 0.05) is 23.3 Å². The summed E-state index contributed by atoms with van der Waals surface area (Å²) in [5.41, 5.74) is 2.30. The van der Waals surface area contributed by atoms with Crippen molar-refractivity contribution in [1.29, 1.82) is 0 Å². The lowest BCUT2D eigenvalue weighted by molar-refractivity contribution is -0.120. The summed E-state index contributed by atoms with van der Waals surface area (Å²) < 4.78 is 5.17. The Hall–Kier alpha value is -3.30. The van der Waals surface area contributed by atoms with Crippen LogP contribution in [0.3, 0.4) is 0 Å². The van der Waals surface area contributed by atoms with Crippen molar-refractivity contribution in [2.24, 2.45) is 0 Å². The molecule has 0 fully saturated rings. The van der Waals surface area contributed by atoms with E-state index in [0.717, 1.165) is 22.9 Å². The predicted molar refractivity (Wildman–Crippen MR) is 129 cm³/mol. The summed E-state index contributed by atoms with van der Waals surface area (Å²) in [5, 5.41) is 6.36. The second-order valence-corrected chi connectivity index (χ2v) is 8.52. The number of aromatic nitrogens is 2. The summed E-state index contributed by atoms with van der Waals surface area (Å²) in [6, 6.07) is 13.9. The minimum absolute atomic E-state index is 0.0277. The number of anilines is 1. The van der Waals surface area contributed by atoms with Crippen LogP contribution in [0.4, 0.5) is 5.69 Å². The third kappa shape index (κ3) is 7.65. The molecule has 3 N–H and O–H groups in total. The van der Waals surface area contributed by atoms with E-state index in [0.29, 0.717) is 28.7 Å². The van der Waals surface area contributed by atoms with Crippen LogP contribution in [0.1, 0.15) is 16.8 Å². The number of ether oxygens (including phenoxy) is 1. The highest BCUT2D eigenvalue weighted by molar-refractivity contribution is 7.99. The number of H-pyrrole nitrogens is 1. The van der Waals surface area contributed by atoms with E-state index in [1.165, 1.54) is 6.07 Å². The van der Waals surface area contributed by atoms with Crippen LogP contribution in [-0.2, 0) is 22.6 Å². The Morgan fingerprint density at radius 3 is 2.73 bits per heavy atom. The quantitative estimate of drug-likeness (QED) is 0.316. The Morgan fingerprint density at radius 2 is 1.97 bits per heavy atom. The third-order valence-electron chi connectivity index (χ3n) is 4.53. The van der Waals surface area contributed by atoms with Gasteiger partial charge < -0.3 is 20.4 Å². The number of hydrogen-bond acceptors (Lipinski definition) is 6. The molecule has 2 aromatic carbocycles. The summed E-state index contributed by atoms with van der Waals surface area (Å²) in [6.07, 6.45) is -0.0600. The number of aromatic amines is 1. The molecule has 0 aliphatic heterocycles. The van der Waals surface area contributed by atoms with E-state index in [-0.39, 0.29) is 29.1 Å². The second kappa shape index (κ2) is 11.5. The van der Waals surface area contributed by atoms with E-state index in [4.69, 9.17) is 16.3 Å². The molecule has 172 valence electrons. The van der Waals surface area contributed by atoms with E-state index in [1.807, 2.05) is 37.3 Å². The lowest BCUT2D eigenvalue weighted by atomic mass is 10.2. The second-order valence-electron chi connectivity index (χ2n) is 7.15. The van der Waals surface area contributed by atoms with Crippen molar-refractivity contribution in [3.8, 4) is 5.75 Å². The van der Waals surface area contributed by atoms with Crippen molar-refractivity contribution in [1.82, 2.24) is 15.3 Å². The minimum Gasteiger partial charge on any atom is -0.497 e. The molecule has 0 saturated carbocycles. The van der Waals surface area contributed by atoms with Gasteiger partial charge in [-0.1, -0.05) is 41.6 Å². The normalized spacial score (nSPS) is 10.5. The highest BCUT2D eigenvalue weighted by atomic mass is 35.5. The fraction of sp³-hybridized carbons (Fsp3) is 0.217. The van der Waals surface area contributed by atoms with Gasteiger partial charge in [0.1, 0.15) is 5.75 Å². The van der Waals surface area contributed by atoms with Crippen molar-refractivity contribution in [3.63, 3.8) is 0 Å². The first-order valence-electron chi connectivity index (χ1n) is 10.0. The van der Waals surface area contributed by atoms with E-state index in [2.05, 4.69) is 20.6 Å².